The van der Waals surface area contributed by atoms with Crippen LogP contribution >= 0.6 is 0 Å². The lowest BCUT2D eigenvalue weighted by molar-refractivity contribution is -0.143. The number of nitrogens with two attached hydrogens (primary N) is 1. The molecule has 6 heteroatoms. The molecule has 1 heterocycles. The Morgan fingerprint density at radius 2 is 2.11 bits per heavy atom. The Bertz CT molecular complexity index is 325. The maximum atomic E-state index is 11.8. The molecule has 0 aromatic heterocycles. The minimum Gasteiger partial charge on any atom is -0.481 e. The van der Waals surface area contributed by atoms with Crippen molar-refractivity contribution < 1.29 is 19.4 Å². The number of hydrogen-bond acceptors (Lipinski definition) is 4. The predicted molar refractivity (Wildman–Crippen MR) is 66.1 cm³/mol. The van der Waals surface area contributed by atoms with Crippen molar-refractivity contribution in [3.8, 4) is 0 Å². The van der Waals surface area contributed by atoms with Gasteiger partial charge in [0.25, 0.3) is 0 Å². The van der Waals surface area contributed by atoms with E-state index in [9.17, 15) is 9.59 Å². The van der Waals surface area contributed by atoms with E-state index in [2.05, 4.69) is 0 Å². The van der Waals surface area contributed by atoms with Crippen LogP contribution in [0.15, 0.2) is 0 Å². The van der Waals surface area contributed by atoms with E-state index in [4.69, 9.17) is 15.6 Å². The van der Waals surface area contributed by atoms with Gasteiger partial charge in [0.15, 0.2) is 0 Å². The van der Waals surface area contributed by atoms with Crippen LogP contribution in [0.5, 0.6) is 0 Å². The molecule has 0 aromatic carbocycles. The molecule has 0 bridgehead atoms. The quantitative estimate of drug-likeness (QED) is 0.784. The summed E-state index contributed by atoms with van der Waals surface area (Å²) in [4.78, 5) is 24.4. The first-order valence-electron chi connectivity index (χ1n) is 6.15. The molecule has 104 valence electrons. The fraction of sp³-hybridized carbons (Fsp3) is 0.833. The second-order valence-electron chi connectivity index (χ2n) is 5.66. The van der Waals surface area contributed by atoms with E-state index in [1.165, 1.54) is 0 Å². The fourth-order valence-electron chi connectivity index (χ4n) is 2.10. The van der Waals surface area contributed by atoms with Crippen molar-refractivity contribution in [3.63, 3.8) is 0 Å². The van der Waals surface area contributed by atoms with Crippen LogP contribution in [-0.4, -0.2) is 47.3 Å². The van der Waals surface area contributed by atoms with Crippen LogP contribution in [0.1, 0.15) is 27.2 Å². The van der Waals surface area contributed by atoms with Gasteiger partial charge >= 0.3 is 12.1 Å². The van der Waals surface area contributed by atoms with Crippen molar-refractivity contribution in [1.29, 1.82) is 0 Å². The molecule has 1 fully saturated rings. The molecule has 1 amide bonds. The smallest absolute Gasteiger partial charge is 0.410 e. The molecular weight excluding hydrogens is 236 g/mol. The average Bonchev–Trinajstić information content (AvgIpc) is 2.64. The van der Waals surface area contributed by atoms with E-state index in [1.807, 2.05) is 0 Å². The number of carbonyl (C=O) groups is 2. The highest BCUT2D eigenvalue weighted by Gasteiger charge is 2.36. The van der Waals surface area contributed by atoms with Gasteiger partial charge in [-0.3, -0.25) is 4.79 Å². The molecule has 0 saturated carbocycles. The average molecular weight is 258 g/mol. The normalized spacial score (nSPS) is 21.8. The number of rotatable bonds is 3. The molecule has 1 rings (SSSR count). The lowest BCUT2D eigenvalue weighted by atomic mass is 9.92. The first-order valence-corrected chi connectivity index (χ1v) is 6.15. The molecule has 0 spiro atoms. The van der Waals surface area contributed by atoms with Crippen LogP contribution in [0, 0.1) is 11.8 Å². The van der Waals surface area contributed by atoms with Gasteiger partial charge in [0.1, 0.15) is 5.60 Å². The van der Waals surface area contributed by atoms with E-state index >= 15 is 0 Å². The van der Waals surface area contributed by atoms with Gasteiger partial charge in [0, 0.05) is 19.6 Å². The third kappa shape index (κ3) is 3.87. The Morgan fingerprint density at radius 3 is 2.56 bits per heavy atom. The predicted octanol–water partition coefficient (Wildman–Crippen LogP) is 0.903. The van der Waals surface area contributed by atoms with Crippen LogP contribution < -0.4 is 5.73 Å². The lowest BCUT2D eigenvalue weighted by Crippen LogP contribution is -2.37. The van der Waals surface area contributed by atoms with Gasteiger partial charge in [0.2, 0.25) is 0 Å². The molecule has 0 radical (unpaired) electrons. The highest BCUT2D eigenvalue weighted by Crippen LogP contribution is 2.25. The standard InChI is InChI=1S/C12H22N2O4/c1-12(2,3)18-11(17)14-5-4-8(7-14)9(6-13)10(15)16/h8-9H,4-7,13H2,1-3H3,(H,15,16). The van der Waals surface area contributed by atoms with Gasteiger partial charge in [-0.05, 0) is 33.1 Å². The van der Waals surface area contributed by atoms with Gasteiger partial charge in [0.05, 0.1) is 5.92 Å². The zero-order valence-electron chi connectivity index (χ0n) is 11.2. The number of nitrogens with zero attached hydrogens (tertiary/aromatic N) is 1. The third-order valence-electron chi connectivity index (χ3n) is 3.02. The number of ether oxygens (including phenoxy) is 1. The largest absolute Gasteiger partial charge is 0.481 e. The summed E-state index contributed by atoms with van der Waals surface area (Å²) >= 11 is 0. The third-order valence-corrected chi connectivity index (χ3v) is 3.02. The summed E-state index contributed by atoms with van der Waals surface area (Å²) in [5.74, 6) is -1.56. The monoisotopic (exact) mass is 258 g/mol. The fourth-order valence-corrected chi connectivity index (χ4v) is 2.10. The Balaban J connectivity index is 2.55. The number of hydrogen-bond donors (Lipinski definition) is 2. The van der Waals surface area contributed by atoms with Crippen LogP contribution in [0.4, 0.5) is 4.79 Å². The minimum absolute atomic E-state index is 0.0833. The van der Waals surface area contributed by atoms with Crippen LogP contribution in [0.3, 0.4) is 0 Å². The van der Waals surface area contributed by atoms with Crippen LogP contribution in [0.2, 0.25) is 0 Å². The summed E-state index contributed by atoms with van der Waals surface area (Å²) in [7, 11) is 0. The number of aliphatic carboxylic acids is 1. The molecule has 6 nitrogen and oxygen atoms in total. The Labute approximate surface area is 107 Å². The van der Waals surface area contributed by atoms with Crippen molar-refractivity contribution in [2.24, 2.45) is 17.6 Å². The SMILES string of the molecule is CC(C)(C)OC(=O)N1CCC(C(CN)C(=O)O)C1. The summed E-state index contributed by atoms with van der Waals surface area (Å²) < 4.78 is 5.25. The number of carboxylic acids is 1. The molecule has 1 aliphatic rings. The van der Waals surface area contributed by atoms with Gasteiger partial charge in [-0.15, -0.1) is 0 Å². The van der Waals surface area contributed by atoms with Crippen molar-refractivity contribution in [1.82, 2.24) is 4.90 Å². The maximum Gasteiger partial charge on any atom is 0.410 e. The molecule has 18 heavy (non-hydrogen) atoms. The molecule has 0 aromatic rings. The summed E-state index contributed by atoms with van der Waals surface area (Å²) in [5, 5.41) is 9.03. The Kier molecular flexibility index (Phi) is 4.56. The lowest BCUT2D eigenvalue weighted by Gasteiger charge is -2.25. The van der Waals surface area contributed by atoms with Crippen molar-refractivity contribution in [3.05, 3.63) is 0 Å². The zero-order chi connectivity index (χ0) is 13.9. The number of carbonyl (C=O) groups excluding carboxylic acids is 1. The molecule has 2 atom stereocenters. The Morgan fingerprint density at radius 1 is 1.50 bits per heavy atom. The highest BCUT2D eigenvalue weighted by molar-refractivity contribution is 5.72. The van der Waals surface area contributed by atoms with Crippen LogP contribution in [0.25, 0.3) is 0 Å². The molecule has 1 aliphatic heterocycles. The second kappa shape index (κ2) is 5.56. The van der Waals surface area contributed by atoms with Gasteiger partial charge in [-0.1, -0.05) is 0 Å². The first kappa shape index (κ1) is 14.8. The summed E-state index contributed by atoms with van der Waals surface area (Å²) in [6, 6.07) is 0. The topological polar surface area (TPSA) is 92.9 Å². The number of likely N-dealkylation sites (tertiary alicyclic amines) is 1. The van der Waals surface area contributed by atoms with Crippen molar-refractivity contribution in [2.75, 3.05) is 19.6 Å². The molecule has 0 aliphatic carbocycles. The number of amides is 1. The minimum atomic E-state index is -0.895. The molecular formula is C12H22N2O4. The second-order valence-corrected chi connectivity index (χ2v) is 5.66. The van der Waals surface area contributed by atoms with Gasteiger partial charge < -0.3 is 20.5 Å². The maximum absolute atomic E-state index is 11.8. The first-order chi connectivity index (χ1) is 8.24. The van der Waals surface area contributed by atoms with E-state index in [1.54, 1.807) is 25.7 Å². The molecule has 3 N–H and O–H groups in total. The summed E-state index contributed by atoms with van der Waals surface area (Å²) in [5.41, 5.74) is 4.93. The van der Waals surface area contributed by atoms with Gasteiger partial charge in [-0.2, -0.15) is 0 Å². The van der Waals surface area contributed by atoms with Crippen molar-refractivity contribution in [2.45, 2.75) is 32.8 Å². The van der Waals surface area contributed by atoms with Crippen molar-refractivity contribution >= 4 is 12.1 Å². The van der Waals surface area contributed by atoms with E-state index in [0.717, 1.165) is 0 Å². The number of carboxylic acid groups (broad SMARTS) is 1. The van der Waals surface area contributed by atoms with E-state index < -0.39 is 17.5 Å². The highest BCUT2D eigenvalue weighted by atomic mass is 16.6. The zero-order valence-corrected chi connectivity index (χ0v) is 11.2. The summed E-state index contributed by atoms with van der Waals surface area (Å²) in [6.07, 6.45) is 0.277. The van der Waals surface area contributed by atoms with E-state index in [0.29, 0.717) is 19.5 Å². The van der Waals surface area contributed by atoms with Gasteiger partial charge in [-0.25, -0.2) is 4.79 Å². The van der Waals surface area contributed by atoms with Crippen LogP contribution in [-0.2, 0) is 9.53 Å². The Hall–Kier alpha value is -1.30. The van der Waals surface area contributed by atoms with E-state index in [-0.39, 0.29) is 18.6 Å². The molecule has 1 saturated heterocycles. The molecule has 2 unspecified atom stereocenters. The summed E-state index contributed by atoms with van der Waals surface area (Å²) in [6.45, 7) is 6.45.